The molecule has 0 saturated carbocycles. The summed E-state index contributed by atoms with van der Waals surface area (Å²) in [5.74, 6) is -1.07. The van der Waals surface area contributed by atoms with E-state index in [-0.39, 0.29) is 11.3 Å². The lowest BCUT2D eigenvalue weighted by Gasteiger charge is -2.11. The Morgan fingerprint density at radius 3 is 3.10 bits per heavy atom. The maximum atomic E-state index is 12.4. The van der Waals surface area contributed by atoms with Gasteiger partial charge in [0.05, 0.1) is 24.4 Å². The molecule has 1 N–H and O–H groups in total. The molecule has 2 aromatic heterocycles. The number of hydrogen-bond acceptors (Lipinski definition) is 6. The molecule has 0 aromatic carbocycles. The van der Waals surface area contributed by atoms with Crippen LogP contribution in [0.1, 0.15) is 6.92 Å². The van der Waals surface area contributed by atoms with E-state index < -0.39 is 5.97 Å². The smallest absolute Gasteiger partial charge is 0.313 e. The van der Waals surface area contributed by atoms with Gasteiger partial charge in [-0.05, 0) is 18.4 Å². The van der Waals surface area contributed by atoms with Gasteiger partial charge in [0.25, 0.3) is 5.56 Å². The summed E-state index contributed by atoms with van der Waals surface area (Å²) >= 11 is 2.39. The summed E-state index contributed by atoms with van der Waals surface area (Å²) < 4.78 is 7.33. The Labute approximate surface area is 123 Å². The van der Waals surface area contributed by atoms with E-state index >= 15 is 0 Å². The number of thiophene rings is 1. The van der Waals surface area contributed by atoms with E-state index in [1.807, 2.05) is 6.92 Å². The van der Waals surface area contributed by atoms with Crippen molar-refractivity contribution in [2.45, 2.75) is 18.6 Å². The standard InChI is InChI=1S/C12H14N2O4S2/c1-2-18-5-4-14-11(17)10-8(3-6-19-10)13-12(14)20-7-9(15)16/h3,6H,2,4-5,7H2,1H3,(H,15,16). The number of aromatic nitrogens is 2. The molecule has 2 rings (SSSR count). The monoisotopic (exact) mass is 314 g/mol. The summed E-state index contributed by atoms with van der Waals surface area (Å²) in [5, 5.41) is 11.0. The molecular weight excluding hydrogens is 300 g/mol. The second kappa shape index (κ2) is 6.87. The Morgan fingerprint density at radius 2 is 2.40 bits per heavy atom. The second-order valence-corrected chi connectivity index (χ2v) is 5.72. The van der Waals surface area contributed by atoms with Crippen molar-refractivity contribution in [3.05, 3.63) is 21.8 Å². The van der Waals surface area contributed by atoms with Gasteiger partial charge < -0.3 is 9.84 Å². The number of hydrogen-bond donors (Lipinski definition) is 1. The number of fused-ring (bicyclic) bond motifs is 1. The van der Waals surface area contributed by atoms with E-state index in [1.54, 1.807) is 11.4 Å². The van der Waals surface area contributed by atoms with Crippen LogP contribution in [0.3, 0.4) is 0 Å². The Kier molecular flexibility index (Phi) is 5.16. The van der Waals surface area contributed by atoms with Crippen LogP contribution in [-0.4, -0.2) is 39.6 Å². The number of nitrogens with zero attached hydrogens (tertiary/aromatic N) is 2. The first-order valence-electron chi connectivity index (χ1n) is 6.04. The van der Waals surface area contributed by atoms with E-state index in [0.717, 1.165) is 11.8 Å². The van der Waals surface area contributed by atoms with Gasteiger partial charge in [-0.25, -0.2) is 4.98 Å². The van der Waals surface area contributed by atoms with Gasteiger partial charge in [0, 0.05) is 6.61 Å². The molecule has 0 aliphatic heterocycles. The normalized spacial score (nSPS) is 11.1. The van der Waals surface area contributed by atoms with Crippen LogP contribution < -0.4 is 5.56 Å². The number of carboxylic acids is 1. The van der Waals surface area contributed by atoms with Crippen LogP contribution in [-0.2, 0) is 16.1 Å². The summed E-state index contributed by atoms with van der Waals surface area (Å²) in [4.78, 5) is 27.4. The van der Waals surface area contributed by atoms with Gasteiger partial charge in [-0.15, -0.1) is 11.3 Å². The SMILES string of the molecule is CCOCCn1c(SCC(=O)O)nc2ccsc2c1=O. The highest BCUT2D eigenvalue weighted by Crippen LogP contribution is 2.20. The molecule has 0 atom stereocenters. The third kappa shape index (κ3) is 3.38. The fourth-order valence-corrected chi connectivity index (χ4v) is 3.18. The number of aliphatic carboxylic acids is 1. The molecule has 20 heavy (non-hydrogen) atoms. The number of rotatable bonds is 7. The van der Waals surface area contributed by atoms with Crippen molar-refractivity contribution in [1.29, 1.82) is 0 Å². The highest BCUT2D eigenvalue weighted by Gasteiger charge is 2.13. The molecular formula is C12H14N2O4S2. The molecule has 2 heterocycles. The van der Waals surface area contributed by atoms with E-state index in [4.69, 9.17) is 9.84 Å². The minimum absolute atomic E-state index is 0.128. The van der Waals surface area contributed by atoms with E-state index in [9.17, 15) is 9.59 Å². The summed E-state index contributed by atoms with van der Waals surface area (Å²) in [6.07, 6.45) is 0. The zero-order chi connectivity index (χ0) is 14.5. The molecule has 0 saturated heterocycles. The molecule has 0 spiro atoms. The van der Waals surface area contributed by atoms with E-state index in [1.165, 1.54) is 15.9 Å². The van der Waals surface area contributed by atoms with Crippen LogP contribution >= 0.6 is 23.1 Å². The Morgan fingerprint density at radius 1 is 1.60 bits per heavy atom. The molecule has 0 bridgehead atoms. The van der Waals surface area contributed by atoms with Crippen molar-refractivity contribution in [2.24, 2.45) is 0 Å². The van der Waals surface area contributed by atoms with Crippen molar-refractivity contribution in [1.82, 2.24) is 9.55 Å². The lowest BCUT2D eigenvalue weighted by atomic mass is 10.4. The first kappa shape index (κ1) is 15.0. The third-order valence-corrected chi connectivity index (χ3v) is 4.37. The summed E-state index contributed by atoms with van der Waals surface area (Å²) in [5.41, 5.74) is 0.471. The van der Waals surface area contributed by atoms with Crippen LogP contribution in [0.4, 0.5) is 0 Å². The second-order valence-electron chi connectivity index (χ2n) is 3.87. The minimum atomic E-state index is -0.939. The lowest BCUT2D eigenvalue weighted by molar-refractivity contribution is -0.133. The van der Waals surface area contributed by atoms with Crippen LogP contribution in [0.15, 0.2) is 21.4 Å². The van der Waals surface area contributed by atoms with Crippen LogP contribution in [0.2, 0.25) is 0 Å². The zero-order valence-electron chi connectivity index (χ0n) is 10.9. The van der Waals surface area contributed by atoms with Crippen molar-refractivity contribution in [3.63, 3.8) is 0 Å². The maximum Gasteiger partial charge on any atom is 0.313 e. The predicted octanol–water partition coefficient (Wildman–Crippen LogP) is 1.67. The highest BCUT2D eigenvalue weighted by molar-refractivity contribution is 7.99. The quantitative estimate of drug-likeness (QED) is 0.476. The molecule has 0 aliphatic carbocycles. The number of carbonyl (C=O) groups is 1. The zero-order valence-corrected chi connectivity index (χ0v) is 12.5. The lowest BCUT2D eigenvalue weighted by Crippen LogP contribution is -2.25. The van der Waals surface area contributed by atoms with Gasteiger partial charge in [0.1, 0.15) is 4.70 Å². The molecule has 6 nitrogen and oxygen atoms in total. The third-order valence-electron chi connectivity index (χ3n) is 2.52. The van der Waals surface area contributed by atoms with Gasteiger partial charge in [0.15, 0.2) is 5.16 Å². The van der Waals surface area contributed by atoms with Gasteiger partial charge in [-0.1, -0.05) is 11.8 Å². The highest BCUT2D eigenvalue weighted by atomic mass is 32.2. The van der Waals surface area contributed by atoms with E-state index in [0.29, 0.717) is 35.1 Å². The minimum Gasteiger partial charge on any atom is -0.481 e. The summed E-state index contributed by atoms with van der Waals surface area (Å²) in [7, 11) is 0. The van der Waals surface area contributed by atoms with Crippen molar-refractivity contribution >= 4 is 39.3 Å². The Bertz CT molecular complexity index is 665. The topological polar surface area (TPSA) is 81.4 Å². The molecule has 108 valence electrons. The Hall–Kier alpha value is -1.38. The summed E-state index contributed by atoms with van der Waals surface area (Å²) in [6.45, 7) is 3.22. The molecule has 8 heteroatoms. The number of thioether (sulfide) groups is 1. The average molecular weight is 314 g/mol. The number of carboxylic acid groups (broad SMARTS) is 1. The van der Waals surface area contributed by atoms with Crippen molar-refractivity contribution in [3.8, 4) is 0 Å². The largest absolute Gasteiger partial charge is 0.481 e. The Balaban J connectivity index is 2.37. The van der Waals surface area contributed by atoms with Gasteiger partial charge in [0.2, 0.25) is 0 Å². The van der Waals surface area contributed by atoms with Crippen molar-refractivity contribution in [2.75, 3.05) is 19.0 Å². The van der Waals surface area contributed by atoms with Crippen LogP contribution in [0.5, 0.6) is 0 Å². The van der Waals surface area contributed by atoms with Gasteiger partial charge >= 0.3 is 5.97 Å². The van der Waals surface area contributed by atoms with Crippen LogP contribution in [0.25, 0.3) is 10.2 Å². The predicted molar refractivity (Wildman–Crippen MR) is 78.7 cm³/mol. The fourth-order valence-electron chi connectivity index (χ4n) is 1.66. The van der Waals surface area contributed by atoms with E-state index in [2.05, 4.69) is 4.98 Å². The fraction of sp³-hybridized carbons (Fsp3) is 0.417. The van der Waals surface area contributed by atoms with Crippen LogP contribution in [0, 0.1) is 0 Å². The summed E-state index contributed by atoms with van der Waals surface area (Å²) in [6, 6.07) is 1.76. The molecule has 2 aromatic rings. The first-order chi connectivity index (χ1) is 9.63. The maximum absolute atomic E-state index is 12.4. The van der Waals surface area contributed by atoms with Crippen molar-refractivity contribution < 1.29 is 14.6 Å². The van der Waals surface area contributed by atoms with Gasteiger partial charge in [-0.3, -0.25) is 14.2 Å². The molecule has 0 unspecified atom stereocenters. The molecule has 0 fully saturated rings. The number of ether oxygens (including phenoxy) is 1. The van der Waals surface area contributed by atoms with Gasteiger partial charge in [-0.2, -0.15) is 0 Å². The molecule has 0 amide bonds. The molecule has 0 radical (unpaired) electrons. The molecule has 0 aliphatic rings. The first-order valence-corrected chi connectivity index (χ1v) is 7.90. The average Bonchev–Trinajstić information content (AvgIpc) is 2.87.